The lowest BCUT2D eigenvalue weighted by molar-refractivity contribution is -0.0707. The van der Waals surface area contributed by atoms with E-state index in [1.807, 2.05) is 0 Å². The molecule has 2 aromatic carbocycles. The van der Waals surface area contributed by atoms with Crippen molar-refractivity contribution in [3.8, 4) is 23.0 Å². The van der Waals surface area contributed by atoms with Gasteiger partial charge in [0.1, 0.15) is 18.2 Å². The molecule has 43 heavy (non-hydrogen) atoms. The van der Waals surface area contributed by atoms with Crippen LogP contribution >= 0.6 is 0 Å². The van der Waals surface area contributed by atoms with Crippen molar-refractivity contribution in [2.75, 3.05) is 13.2 Å². The number of hydrogen-bond donors (Lipinski definition) is 2. The van der Waals surface area contributed by atoms with Crippen LogP contribution in [0.3, 0.4) is 0 Å². The Morgan fingerprint density at radius 2 is 1.79 bits per heavy atom. The smallest absolute Gasteiger partial charge is 0.405 e. The van der Waals surface area contributed by atoms with Crippen molar-refractivity contribution < 1.29 is 45.8 Å². The molecule has 3 N–H and O–H groups in total. The van der Waals surface area contributed by atoms with Crippen molar-refractivity contribution in [3.05, 3.63) is 65.1 Å². The van der Waals surface area contributed by atoms with Crippen molar-refractivity contribution in [1.82, 2.24) is 10.3 Å². The third-order valence-corrected chi connectivity index (χ3v) is 7.19. The minimum atomic E-state index is -2.70. The summed E-state index contributed by atoms with van der Waals surface area (Å²) in [5, 5.41) is 2.53. The topological polar surface area (TPSA) is 126 Å². The molecule has 0 radical (unpaired) electrons. The maximum Gasteiger partial charge on any atom is 0.405 e. The summed E-state index contributed by atoms with van der Waals surface area (Å²) in [5.74, 6) is -2.06. The predicted molar refractivity (Wildman–Crippen MR) is 147 cm³/mol. The Kier molecular flexibility index (Phi) is 9.21. The number of carbonyl (C=O) groups is 2. The molecule has 1 atom stereocenters. The number of rotatable bonds is 12. The van der Waals surface area contributed by atoms with Gasteiger partial charge in [-0.15, -0.1) is 0 Å². The second-order valence-corrected chi connectivity index (χ2v) is 11.4. The van der Waals surface area contributed by atoms with Gasteiger partial charge in [0.15, 0.2) is 28.6 Å². The molecular weight excluding hydrogens is 574 g/mol. The molecule has 232 valence electrons. The van der Waals surface area contributed by atoms with Crippen LogP contribution in [-0.4, -0.2) is 36.6 Å². The van der Waals surface area contributed by atoms with Crippen molar-refractivity contribution in [1.29, 1.82) is 0 Å². The molecule has 1 heterocycles. The summed E-state index contributed by atoms with van der Waals surface area (Å²) >= 11 is 0. The summed E-state index contributed by atoms with van der Waals surface area (Å²) < 4.78 is 75.9. The Balaban J connectivity index is 1.75. The first-order chi connectivity index (χ1) is 20.2. The zero-order valence-electron chi connectivity index (χ0n) is 24.1. The van der Waals surface area contributed by atoms with E-state index in [4.69, 9.17) is 24.4 Å². The maximum absolute atomic E-state index is 14.2. The lowest BCUT2D eigenvalue weighted by atomic mass is 9.75. The molecule has 1 saturated carbocycles. The number of nitrogens with zero attached hydrogens (tertiary/aromatic N) is 1. The number of primary amides is 1. The first kappa shape index (κ1) is 31.6. The zero-order chi connectivity index (χ0) is 31.5. The van der Waals surface area contributed by atoms with Gasteiger partial charge >= 0.3 is 6.09 Å². The van der Waals surface area contributed by atoms with E-state index in [-0.39, 0.29) is 41.0 Å². The van der Waals surface area contributed by atoms with Gasteiger partial charge in [-0.25, -0.2) is 27.3 Å². The molecule has 4 rings (SSSR count). The minimum absolute atomic E-state index is 0.0174. The van der Waals surface area contributed by atoms with Crippen LogP contribution in [0.1, 0.15) is 62.3 Å². The summed E-state index contributed by atoms with van der Waals surface area (Å²) in [7, 11) is 0. The molecule has 1 unspecified atom stereocenters. The van der Waals surface area contributed by atoms with Crippen LogP contribution in [0.4, 0.5) is 22.4 Å². The van der Waals surface area contributed by atoms with Crippen LogP contribution in [-0.2, 0) is 16.9 Å². The highest BCUT2D eigenvalue weighted by Gasteiger charge is 2.49. The van der Waals surface area contributed by atoms with Gasteiger partial charge in [0.05, 0.1) is 6.61 Å². The van der Waals surface area contributed by atoms with Gasteiger partial charge in [-0.2, -0.15) is 0 Å². The lowest BCUT2D eigenvalue weighted by Crippen LogP contribution is -2.44. The average molecular weight is 608 g/mol. The van der Waals surface area contributed by atoms with Crippen LogP contribution in [0, 0.1) is 23.0 Å². The molecule has 1 aromatic heterocycles. The number of carbonyl (C=O) groups excluding carboxylic acids is 2. The second-order valence-electron chi connectivity index (χ2n) is 11.4. The molecule has 0 spiro atoms. The third-order valence-electron chi connectivity index (χ3n) is 7.19. The predicted octanol–water partition coefficient (Wildman–Crippen LogP) is 6.34. The number of hydrogen-bond acceptors (Lipinski definition) is 7. The van der Waals surface area contributed by atoms with Crippen molar-refractivity contribution in [2.24, 2.45) is 17.1 Å². The first-order valence-corrected chi connectivity index (χ1v) is 13.6. The molecule has 3 aromatic rings. The molecule has 1 fully saturated rings. The monoisotopic (exact) mass is 607 g/mol. The van der Waals surface area contributed by atoms with Crippen LogP contribution < -0.4 is 20.5 Å². The van der Waals surface area contributed by atoms with Crippen LogP contribution in [0.2, 0.25) is 0 Å². The molecular formula is C30H33F4N3O6. The molecule has 0 aliphatic heterocycles. The summed E-state index contributed by atoms with van der Waals surface area (Å²) in [5.41, 5.74) is 2.92. The number of nitrogens with one attached hydrogen (secondary N) is 1. The number of halogens is 4. The number of ether oxygens (including phenoxy) is 3. The van der Waals surface area contributed by atoms with Gasteiger partial charge in [-0.1, -0.05) is 26.8 Å². The van der Waals surface area contributed by atoms with E-state index >= 15 is 0 Å². The van der Waals surface area contributed by atoms with E-state index in [9.17, 15) is 27.2 Å². The van der Waals surface area contributed by atoms with E-state index in [1.54, 1.807) is 20.8 Å². The summed E-state index contributed by atoms with van der Waals surface area (Å²) in [6.07, 6.45) is -1.86. The van der Waals surface area contributed by atoms with E-state index in [1.165, 1.54) is 31.2 Å². The van der Waals surface area contributed by atoms with E-state index in [0.717, 1.165) is 18.9 Å². The SMILES string of the molecule is CC(C)(C)C(C)(OC(N)=O)c1oc(-c2ccc(OCC(F)F)c(OCC3CC3)c2)nc1C(=O)NCc1ccc(F)cc1F. The molecule has 0 bridgehead atoms. The summed E-state index contributed by atoms with van der Waals surface area (Å²) in [6.45, 7) is 5.89. The first-order valence-electron chi connectivity index (χ1n) is 13.6. The van der Waals surface area contributed by atoms with E-state index < -0.39 is 47.7 Å². The Morgan fingerprint density at radius 3 is 2.40 bits per heavy atom. The Morgan fingerprint density at radius 1 is 1.07 bits per heavy atom. The fraction of sp³-hybridized carbons (Fsp3) is 0.433. The fourth-order valence-electron chi connectivity index (χ4n) is 4.10. The zero-order valence-corrected chi connectivity index (χ0v) is 24.1. The van der Waals surface area contributed by atoms with Crippen molar-refractivity contribution in [3.63, 3.8) is 0 Å². The van der Waals surface area contributed by atoms with Gasteiger partial charge in [0.25, 0.3) is 12.3 Å². The summed E-state index contributed by atoms with van der Waals surface area (Å²) in [6, 6.07) is 7.33. The number of alkyl halides is 2. The van der Waals surface area contributed by atoms with E-state index in [2.05, 4.69) is 10.3 Å². The number of amides is 2. The second kappa shape index (κ2) is 12.5. The van der Waals surface area contributed by atoms with Gasteiger partial charge < -0.3 is 29.7 Å². The molecule has 1 aliphatic carbocycles. The number of oxazole rings is 1. The highest BCUT2D eigenvalue weighted by Crippen LogP contribution is 2.45. The highest BCUT2D eigenvalue weighted by molar-refractivity contribution is 5.94. The third kappa shape index (κ3) is 7.57. The average Bonchev–Trinajstić information content (AvgIpc) is 3.64. The Bertz CT molecular complexity index is 1490. The Hall–Kier alpha value is -4.29. The van der Waals surface area contributed by atoms with E-state index in [0.29, 0.717) is 24.2 Å². The molecule has 0 saturated heterocycles. The van der Waals surface area contributed by atoms with Crippen LogP contribution in [0.5, 0.6) is 11.5 Å². The maximum atomic E-state index is 14.2. The van der Waals surface area contributed by atoms with Gasteiger partial charge in [-0.3, -0.25) is 4.79 Å². The van der Waals surface area contributed by atoms with Gasteiger partial charge in [-0.05, 0) is 49.9 Å². The summed E-state index contributed by atoms with van der Waals surface area (Å²) in [4.78, 5) is 29.8. The molecule has 9 nitrogen and oxygen atoms in total. The fourth-order valence-corrected chi connectivity index (χ4v) is 4.10. The van der Waals surface area contributed by atoms with Crippen LogP contribution in [0.15, 0.2) is 40.8 Å². The molecule has 13 heteroatoms. The van der Waals surface area contributed by atoms with Crippen LogP contribution in [0.25, 0.3) is 11.5 Å². The number of benzene rings is 2. The lowest BCUT2D eigenvalue weighted by Gasteiger charge is -2.38. The quantitative estimate of drug-likeness (QED) is 0.230. The largest absolute Gasteiger partial charge is 0.489 e. The molecule has 1 aliphatic rings. The van der Waals surface area contributed by atoms with Crippen molar-refractivity contribution >= 4 is 12.0 Å². The Labute approximate surface area is 245 Å². The number of aromatic nitrogens is 1. The normalized spacial score (nSPS) is 14.7. The van der Waals surface area contributed by atoms with Gasteiger partial charge in [0, 0.05) is 29.2 Å². The minimum Gasteiger partial charge on any atom is -0.489 e. The van der Waals surface area contributed by atoms with Crippen molar-refractivity contribution in [2.45, 2.75) is 59.1 Å². The standard InChI is InChI=1S/C30H33F4N3O6/c1-29(2,3)30(4,43-28(35)39)25-24(26(38)36-13-18-7-9-19(31)12-20(18)32)37-27(42-25)17-8-10-21(41-15-23(33)34)22(11-17)40-14-16-5-6-16/h7-12,16,23H,5-6,13-15H2,1-4H3,(H2,35,39)(H,36,38). The highest BCUT2D eigenvalue weighted by atomic mass is 19.3. The number of nitrogens with two attached hydrogens (primary N) is 1. The molecule has 2 amide bonds. The van der Waals surface area contributed by atoms with Gasteiger partial charge in [0.2, 0.25) is 5.89 Å².